The predicted molar refractivity (Wildman–Crippen MR) is 67.0 cm³/mol. The minimum absolute atomic E-state index is 1.33. The third-order valence-electron chi connectivity index (χ3n) is 3.92. The monoisotopic (exact) mass is 204 g/mol. The van der Waals surface area contributed by atoms with Crippen LogP contribution in [0, 0.1) is 0 Å². The van der Waals surface area contributed by atoms with Gasteiger partial charge >= 0.3 is 0 Å². The van der Waals surface area contributed by atoms with Gasteiger partial charge in [0, 0.05) is 0 Å². The molecule has 2 aliphatic carbocycles. The van der Waals surface area contributed by atoms with Gasteiger partial charge in [-0.25, -0.2) is 0 Å². The standard InChI is InChI=1S/C15H24/c1-13-9-5-3-2-4-6-10-14-11-7-8-12-15(13)14/h10H,2-9,11-12H2,1H3/b14-10-,15-13-. The lowest BCUT2D eigenvalue weighted by atomic mass is 9.84. The Bertz CT molecular complexity index is 268. The van der Waals surface area contributed by atoms with E-state index in [4.69, 9.17) is 0 Å². The molecule has 2 aliphatic rings. The van der Waals surface area contributed by atoms with Crippen molar-refractivity contribution in [1.29, 1.82) is 0 Å². The summed E-state index contributed by atoms with van der Waals surface area (Å²) in [5.74, 6) is 0. The maximum atomic E-state index is 2.54. The Labute approximate surface area is 94.5 Å². The Balaban J connectivity index is 2.18. The molecule has 0 spiro atoms. The lowest BCUT2D eigenvalue weighted by molar-refractivity contribution is 0.616. The van der Waals surface area contributed by atoms with Crippen molar-refractivity contribution >= 4 is 0 Å². The van der Waals surface area contributed by atoms with Crippen molar-refractivity contribution in [3.8, 4) is 0 Å². The van der Waals surface area contributed by atoms with Gasteiger partial charge in [0.15, 0.2) is 0 Å². The van der Waals surface area contributed by atoms with Crippen LogP contribution in [0.2, 0.25) is 0 Å². The average molecular weight is 204 g/mol. The molecule has 0 aromatic heterocycles. The lowest BCUT2D eigenvalue weighted by Gasteiger charge is -2.22. The summed E-state index contributed by atoms with van der Waals surface area (Å²) in [4.78, 5) is 0. The van der Waals surface area contributed by atoms with Gasteiger partial charge in [0.25, 0.3) is 0 Å². The van der Waals surface area contributed by atoms with Crippen molar-refractivity contribution in [2.75, 3.05) is 0 Å². The van der Waals surface area contributed by atoms with Crippen LogP contribution in [0.5, 0.6) is 0 Å². The summed E-state index contributed by atoms with van der Waals surface area (Å²) >= 11 is 0. The highest BCUT2D eigenvalue weighted by atomic mass is 14.2. The maximum Gasteiger partial charge on any atom is -0.0277 e. The number of rotatable bonds is 0. The van der Waals surface area contributed by atoms with E-state index in [0.29, 0.717) is 0 Å². The highest BCUT2D eigenvalue weighted by molar-refractivity contribution is 5.36. The summed E-state index contributed by atoms with van der Waals surface area (Å²) < 4.78 is 0. The number of fused-ring (bicyclic) bond motifs is 1. The smallest absolute Gasteiger partial charge is 0.0277 e. The zero-order chi connectivity index (χ0) is 10.5. The van der Waals surface area contributed by atoms with Gasteiger partial charge in [0.05, 0.1) is 0 Å². The molecule has 0 amide bonds. The van der Waals surface area contributed by atoms with E-state index in [1.54, 1.807) is 16.7 Å². The second kappa shape index (κ2) is 5.53. The third-order valence-corrected chi connectivity index (χ3v) is 3.92. The first-order valence-electron chi connectivity index (χ1n) is 6.76. The zero-order valence-corrected chi connectivity index (χ0v) is 10.1. The summed E-state index contributed by atoms with van der Waals surface area (Å²) in [5.41, 5.74) is 5.15. The van der Waals surface area contributed by atoms with Crippen LogP contribution in [-0.4, -0.2) is 0 Å². The highest BCUT2D eigenvalue weighted by Gasteiger charge is 2.14. The van der Waals surface area contributed by atoms with Crippen LogP contribution < -0.4 is 0 Å². The number of hydrogen-bond donors (Lipinski definition) is 0. The SMILES string of the molecule is C/C1=C2\CCCC\C2=C\CCCCCC1. The van der Waals surface area contributed by atoms with Crippen molar-refractivity contribution in [2.45, 2.75) is 71.1 Å². The first-order valence-corrected chi connectivity index (χ1v) is 6.76. The average Bonchev–Trinajstić information content (AvgIpc) is 2.28. The van der Waals surface area contributed by atoms with E-state index < -0.39 is 0 Å². The molecule has 0 heteroatoms. The second-order valence-electron chi connectivity index (χ2n) is 5.15. The van der Waals surface area contributed by atoms with E-state index in [1.165, 1.54) is 64.2 Å². The van der Waals surface area contributed by atoms with Crippen LogP contribution in [0.4, 0.5) is 0 Å². The number of hydrogen-bond acceptors (Lipinski definition) is 0. The van der Waals surface area contributed by atoms with E-state index in [9.17, 15) is 0 Å². The third kappa shape index (κ3) is 2.96. The van der Waals surface area contributed by atoms with Crippen LogP contribution >= 0.6 is 0 Å². The fourth-order valence-corrected chi connectivity index (χ4v) is 2.96. The summed E-state index contributed by atoms with van der Waals surface area (Å²) in [6.07, 6.45) is 16.5. The van der Waals surface area contributed by atoms with Gasteiger partial charge in [-0.1, -0.05) is 24.5 Å². The minimum atomic E-state index is 1.33. The quantitative estimate of drug-likeness (QED) is 0.511. The zero-order valence-electron chi connectivity index (χ0n) is 10.1. The van der Waals surface area contributed by atoms with E-state index >= 15 is 0 Å². The fourth-order valence-electron chi connectivity index (χ4n) is 2.96. The van der Waals surface area contributed by atoms with Gasteiger partial charge < -0.3 is 0 Å². The van der Waals surface area contributed by atoms with E-state index in [-0.39, 0.29) is 0 Å². The normalized spacial score (nSPS) is 32.7. The molecule has 2 rings (SSSR count). The van der Waals surface area contributed by atoms with Crippen molar-refractivity contribution in [3.05, 3.63) is 22.8 Å². The van der Waals surface area contributed by atoms with E-state index in [2.05, 4.69) is 13.0 Å². The maximum absolute atomic E-state index is 2.54. The second-order valence-corrected chi connectivity index (χ2v) is 5.15. The highest BCUT2D eigenvalue weighted by Crippen LogP contribution is 2.33. The molecule has 0 heterocycles. The van der Waals surface area contributed by atoms with Crippen LogP contribution in [0.3, 0.4) is 0 Å². The molecule has 0 unspecified atom stereocenters. The summed E-state index contributed by atoms with van der Waals surface area (Å²) in [7, 11) is 0. The molecule has 1 fully saturated rings. The van der Waals surface area contributed by atoms with Crippen LogP contribution in [0.25, 0.3) is 0 Å². The van der Waals surface area contributed by atoms with Gasteiger partial charge in [0.2, 0.25) is 0 Å². The predicted octanol–water partition coefficient (Wildman–Crippen LogP) is 5.16. The minimum Gasteiger partial charge on any atom is -0.0810 e. The Hall–Kier alpha value is -0.520. The molecule has 84 valence electrons. The Morgan fingerprint density at radius 3 is 2.47 bits per heavy atom. The molecule has 0 saturated heterocycles. The summed E-state index contributed by atoms with van der Waals surface area (Å²) in [5, 5.41) is 0. The van der Waals surface area contributed by atoms with Crippen molar-refractivity contribution in [3.63, 3.8) is 0 Å². The molecule has 0 aromatic rings. The molecule has 0 bridgehead atoms. The molecule has 1 saturated carbocycles. The molecular weight excluding hydrogens is 180 g/mol. The van der Waals surface area contributed by atoms with Crippen LogP contribution in [-0.2, 0) is 0 Å². The van der Waals surface area contributed by atoms with E-state index in [0.717, 1.165) is 0 Å². The first kappa shape index (κ1) is 11.0. The van der Waals surface area contributed by atoms with Gasteiger partial charge in [-0.2, -0.15) is 0 Å². The summed E-state index contributed by atoms with van der Waals surface area (Å²) in [6, 6.07) is 0. The Kier molecular flexibility index (Phi) is 4.05. The molecule has 0 atom stereocenters. The van der Waals surface area contributed by atoms with Crippen molar-refractivity contribution < 1.29 is 0 Å². The van der Waals surface area contributed by atoms with Gasteiger partial charge in [-0.15, -0.1) is 0 Å². The first-order chi connectivity index (χ1) is 7.38. The Morgan fingerprint density at radius 2 is 1.53 bits per heavy atom. The van der Waals surface area contributed by atoms with Gasteiger partial charge in [-0.3, -0.25) is 0 Å². The largest absolute Gasteiger partial charge is 0.0810 e. The lowest BCUT2D eigenvalue weighted by Crippen LogP contribution is -2.02. The van der Waals surface area contributed by atoms with Gasteiger partial charge in [0.1, 0.15) is 0 Å². The molecule has 0 aromatic carbocycles. The molecule has 0 aliphatic heterocycles. The Morgan fingerprint density at radius 1 is 0.800 bits per heavy atom. The number of allylic oxidation sites excluding steroid dienone is 4. The molecule has 0 radical (unpaired) electrons. The van der Waals surface area contributed by atoms with Crippen molar-refractivity contribution in [2.24, 2.45) is 0 Å². The molecule has 15 heavy (non-hydrogen) atoms. The van der Waals surface area contributed by atoms with Crippen LogP contribution in [0.15, 0.2) is 22.8 Å². The van der Waals surface area contributed by atoms with Gasteiger partial charge in [-0.05, 0) is 69.4 Å². The molecular formula is C15H24. The van der Waals surface area contributed by atoms with Crippen molar-refractivity contribution in [1.82, 2.24) is 0 Å². The molecule has 0 nitrogen and oxygen atoms in total. The molecule has 0 N–H and O–H groups in total. The van der Waals surface area contributed by atoms with E-state index in [1.807, 2.05) is 0 Å². The fraction of sp³-hybridized carbons (Fsp3) is 0.733. The topological polar surface area (TPSA) is 0 Å². The summed E-state index contributed by atoms with van der Waals surface area (Å²) in [6.45, 7) is 2.37. The van der Waals surface area contributed by atoms with Crippen LogP contribution in [0.1, 0.15) is 71.1 Å².